The summed E-state index contributed by atoms with van der Waals surface area (Å²) in [5.41, 5.74) is 7.67. The zero-order valence-corrected chi connectivity index (χ0v) is 12.1. The molecular formula is C15H22FN3O. The number of rotatable bonds is 3. The second-order valence-electron chi connectivity index (χ2n) is 5.89. The minimum atomic E-state index is -0.219. The summed E-state index contributed by atoms with van der Waals surface area (Å²) >= 11 is 0. The molecule has 0 unspecified atom stereocenters. The summed E-state index contributed by atoms with van der Waals surface area (Å²) in [6, 6.07) is 4.93. The Bertz CT molecular complexity index is 508. The van der Waals surface area contributed by atoms with E-state index in [0.29, 0.717) is 5.84 Å². The number of halogens is 1. The molecule has 1 aliphatic rings. The third-order valence-electron chi connectivity index (χ3n) is 4.38. The van der Waals surface area contributed by atoms with E-state index in [-0.39, 0.29) is 11.2 Å². The van der Waals surface area contributed by atoms with Gasteiger partial charge >= 0.3 is 0 Å². The van der Waals surface area contributed by atoms with E-state index in [2.05, 4.69) is 10.1 Å². The van der Waals surface area contributed by atoms with Crippen LogP contribution in [0.25, 0.3) is 0 Å². The Labute approximate surface area is 119 Å². The van der Waals surface area contributed by atoms with Crippen molar-refractivity contribution in [1.29, 1.82) is 0 Å². The Hall–Kier alpha value is -1.62. The molecule has 1 aliphatic heterocycles. The van der Waals surface area contributed by atoms with Crippen LogP contribution in [0.3, 0.4) is 0 Å². The number of oxime groups is 1. The van der Waals surface area contributed by atoms with Gasteiger partial charge in [0.05, 0.1) is 0 Å². The molecule has 0 aromatic heterocycles. The lowest BCUT2D eigenvalue weighted by Crippen LogP contribution is -2.45. The molecule has 0 aliphatic carbocycles. The average Bonchev–Trinajstić information content (AvgIpc) is 2.43. The minimum absolute atomic E-state index is 0.190. The molecule has 0 spiro atoms. The first-order valence-electron chi connectivity index (χ1n) is 6.90. The summed E-state index contributed by atoms with van der Waals surface area (Å²) in [5.74, 6) is 0.125. The molecular weight excluding hydrogens is 257 g/mol. The van der Waals surface area contributed by atoms with Gasteiger partial charge in [0, 0.05) is 12.0 Å². The van der Waals surface area contributed by atoms with E-state index in [1.54, 1.807) is 6.07 Å². The lowest BCUT2D eigenvalue weighted by atomic mass is 9.79. The third-order valence-corrected chi connectivity index (χ3v) is 4.38. The highest BCUT2D eigenvalue weighted by molar-refractivity contribution is 5.85. The Morgan fingerprint density at radius 1 is 1.45 bits per heavy atom. The smallest absolute Gasteiger partial charge is 0.145 e. The van der Waals surface area contributed by atoms with Gasteiger partial charge in [0.25, 0.3) is 0 Å². The van der Waals surface area contributed by atoms with Crippen molar-refractivity contribution in [2.24, 2.45) is 16.3 Å². The van der Waals surface area contributed by atoms with Crippen molar-refractivity contribution in [2.75, 3.05) is 13.1 Å². The molecule has 1 aromatic rings. The summed E-state index contributed by atoms with van der Waals surface area (Å²) in [4.78, 5) is 2.33. The van der Waals surface area contributed by atoms with Gasteiger partial charge in [-0.25, -0.2) is 4.39 Å². The van der Waals surface area contributed by atoms with E-state index in [4.69, 9.17) is 10.9 Å². The largest absolute Gasteiger partial charge is 0.409 e. The van der Waals surface area contributed by atoms with Gasteiger partial charge in [-0.3, -0.25) is 4.90 Å². The van der Waals surface area contributed by atoms with Crippen LogP contribution in [-0.2, 0) is 6.54 Å². The summed E-state index contributed by atoms with van der Waals surface area (Å²) < 4.78 is 13.1. The van der Waals surface area contributed by atoms with Crippen molar-refractivity contribution in [1.82, 2.24) is 4.90 Å². The second kappa shape index (κ2) is 5.79. The zero-order chi connectivity index (χ0) is 14.8. The number of nitrogens with zero attached hydrogens (tertiary/aromatic N) is 2. The maximum Gasteiger partial charge on any atom is 0.145 e. The molecule has 0 radical (unpaired) electrons. The van der Waals surface area contributed by atoms with Gasteiger partial charge in [-0.05, 0) is 56.1 Å². The summed E-state index contributed by atoms with van der Waals surface area (Å²) in [5, 5.41) is 12.0. The average molecular weight is 279 g/mol. The summed E-state index contributed by atoms with van der Waals surface area (Å²) in [7, 11) is 0. The second-order valence-corrected chi connectivity index (χ2v) is 5.89. The Balaban J connectivity index is 1.98. The zero-order valence-electron chi connectivity index (χ0n) is 12.1. The number of hydrogen-bond donors (Lipinski definition) is 2. The maximum absolute atomic E-state index is 13.1. The highest BCUT2D eigenvalue weighted by Gasteiger charge is 2.34. The normalized spacial score (nSPS) is 20.1. The fourth-order valence-electron chi connectivity index (χ4n) is 2.66. The van der Waals surface area contributed by atoms with Crippen molar-refractivity contribution in [2.45, 2.75) is 33.2 Å². The van der Waals surface area contributed by atoms with Crippen molar-refractivity contribution in [3.05, 3.63) is 35.1 Å². The van der Waals surface area contributed by atoms with E-state index in [1.807, 2.05) is 19.9 Å². The fourth-order valence-corrected chi connectivity index (χ4v) is 2.66. The van der Waals surface area contributed by atoms with Crippen LogP contribution in [0.5, 0.6) is 0 Å². The number of benzene rings is 1. The standard InChI is InChI=1S/C15H22FN3O/c1-11-9-13(16)4-3-12(11)10-19-7-5-15(2,6-8-19)14(17)18-20/h3-4,9,20H,5-8,10H2,1-2H3,(H2,17,18). The molecule has 1 heterocycles. The van der Waals surface area contributed by atoms with Crippen molar-refractivity contribution in [3.63, 3.8) is 0 Å². The molecule has 4 nitrogen and oxygen atoms in total. The molecule has 1 saturated heterocycles. The van der Waals surface area contributed by atoms with Crippen molar-refractivity contribution >= 4 is 5.84 Å². The van der Waals surface area contributed by atoms with Gasteiger partial charge in [0.15, 0.2) is 0 Å². The number of aryl methyl sites for hydroxylation is 1. The minimum Gasteiger partial charge on any atom is -0.409 e. The highest BCUT2D eigenvalue weighted by atomic mass is 19.1. The van der Waals surface area contributed by atoms with Gasteiger partial charge < -0.3 is 10.9 Å². The number of piperidine rings is 1. The molecule has 110 valence electrons. The van der Waals surface area contributed by atoms with E-state index in [9.17, 15) is 4.39 Å². The van der Waals surface area contributed by atoms with Crippen LogP contribution >= 0.6 is 0 Å². The van der Waals surface area contributed by atoms with Crippen LogP contribution in [0.2, 0.25) is 0 Å². The van der Waals surface area contributed by atoms with Crippen LogP contribution in [0.4, 0.5) is 4.39 Å². The van der Waals surface area contributed by atoms with E-state index < -0.39 is 0 Å². The van der Waals surface area contributed by atoms with Crippen LogP contribution in [-0.4, -0.2) is 29.0 Å². The molecule has 2 rings (SSSR count). The molecule has 3 N–H and O–H groups in total. The van der Waals surface area contributed by atoms with Gasteiger partial charge in [-0.1, -0.05) is 18.1 Å². The molecule has 0 bridgehead atoms. The Morgan fingerprint density at radius 3 is 2.65 bits per heavy atom. The summed E-state index contributed by atoms with van der Waals surface area (Å²) in [6.07, 6.45) is 1.73. The van der Waals surface area contributed by atoms with Gasteiger partial charge in [-0.2, -0.15) is 0 Å². The van der Waals surface area contributed by atoms with Gasteiger partial charge in [-0.15, -0.1) is 0 Å². The lowest BCUT2D eigenvalue weighted by molar-refractivity contribution is 0.152. The third kappa shape index (κ3) is 3.10. The predicted octanol–water partition coefficient (Wildman–Crippen LogP) is 2.48. The maximum atomic E-state index is 13.1. The summed E-state index contributed by atoms with van der Waals surface area (Å²) in [6.45, 7) is 6.57. The van der Waals surface area contributed by atoms with Crippen LogP contribution in [0, 0.1) is 18.2 Å². The quantitative estimate of drug-likeness (QED) is 0.387. The van der Waals surface area contributed by atoms with Gasteiger partial charge in [0.2, 0.25) is 0 Å². The Morgan fingerprint density at radius 2 is 2.10 bits per heavy atom. The van der Waals surface area contributed by atoms with Crippen molar-refractivity contribution < 1.29 is 9.60 Å². The van der Waals surface area contributed by atoms with Gasteiger partial charge in [0.1, 0.15) is 11.7 Å². The van der Waals surface area contributed by atoms with E-state index in [0.717, 1.165) is 43.6 Å². The van der Waals surface area contributed by atoms with E-state index >= 15 is 0 Å². The van der Waals surface area contributed by atoms with Crippen LogP contribution < -0.4 is 5.73 Å². The number of hydrogen-bond acceptors (Lipinski definition) is 3. The van der Waals surface area contributed by atoms with Crippen molar-refractivity contribution in [3.8, 4) is 0 Å². The lowest BCUT2D eigenvalue weighted by Gasteiger charge is -2.38. The first kappa shape index (κ1) is 14.8. The first-order chi connectivity index (χ1) is 9.44. The number of nitrogens with two attached hydrogens (primary N) is 1. The SMILES string of the molecule is Cc1cc(F)ccc1CN1CCC(C)(/C(N)=N/O)CC1. The fraction of sp³-hybridized carbons (Fsp3) is 0.533. The first-order valence-corrected chi connectivity index (χ1v) is 6.90. The number of likely N-dealkylation sites (tertiary alicyclic amines) is 1. The van der Waals surface area contributed by atoms with E-state index in [1.165, 1.54) is 6.07 Å². The molecule has 1 aromatic carbocycles. The monoisotopic (exact) mass is 279 g/mol. The predicted molar refractivity (Wildman–Crippen MR) is 77.2 cm³/mol. The Kier molecular flexibility index (Phi) is 4.28. The molecule has 0 amide bonds. The molecule has 1 fully saturated rings. The molecule has 0 saturated carbocycles. The van der Waals surface area contributed by atoms with Crippen LogP contribution in [0.15, 0.2) is 23.4 Å². The van der Waals surface area contributed by atoms with Crippen LogP contribution in [0.1, 0.15) is 30.9 Å². The number of amidine groups is 1. The molecule has 0 atom stereocenters. The molecule has 20 heavy (non-hydrogen) atoms. The highest BCUT2D eigenvalue weighted by Crippen LogP contribution is 2.31. The molecule has 5 heteroatoms. The topological polar surface area (TPSA) is 61.8 Å².